The van der Waals surface area contributed by atoms with E-state index >= 15 is 0 Å². The number of pyridine rings is 1. The highest BCUT2D eigenvalue weighted by Gasteiger charge is 2.31. The topological polar surface area (TPSA) is 35.9 Å². The van der Waals surface area contributed by atoms with Crippen LogP contribution in [0.3, 0.4) is 0 Å². The largest absolute Gasteiger partial charge is 0.458 e. The summed E-state index contributed by atoms with van der Waals surface area (Å²) in [5, 5.41) is 2.38. The lowest BCUT2D eigenvalue weighted by molar-refractivity contribution is -0.611. The van der Waals surface area contributed by atoms with Gasteiger partial charge < -0.3 is 4.74 Å². The Morgan fingerprint density at radius 3 is 1.84 bits per heavy atom. The van der Waals surface area contributed by atoms with Gasteiger partial charge in [0.2, 0.25) is 0 Å². The maximum atomic E-state index is 7.03. The lowest BCUT2D eigenvalue weighted by atomic mass is 9.76. The Labute approximate surface area is 373 Å². The number of hydrogen-bond acceptors (Lipinski definition) is 2. The van der Waals surface area contributed by atoms with E-state index in [1.165, 1.54) is 38.6 Å². The SMILES string of the molecule is CC(C)(C)c1cccc(-[n+]2[c-]n(-c3cccc(Oc4cc(C(C)(C)c5ccccc5)c5c6ccccc6n(-c6cc(C(C)(C)C)ccn6)c5c4)c3)cc2C(C)(C)c2ccccc2)c1. The summed E-state index contributed by atoms with van der Waals surface area (Å²) < 4.78 is 13.7. The third-order valence-corrected chi connectivity index (χ3v) is 12.9. The van der Waals surface area contributed by atoms with Crippen LogP contribution >= 0.6 is 0 Å². The van der Waals surface area contributed by atoms with E-state index in [1.54, 1.807) is 0 Å². The van der Waals surface area contributed by atoms with Crippen molar-refractivity contribution < 1.29 is 9.30 Å². The van der Waals surface area contributed by atoms with E-state index in [0.717, 1.165) is 45.4 Å². The van der Waals surface area contributed by atoms with Crippen molar-refractivity contribution in [2.45, 2.75) is 90.9 Å². The summed E-state index contributed by atoms with van der Waals surface area (Å²) in [6.07, 6.45) is 7.91. The van der Waals surface area contributed by atoms with Crippen LogP contribution in [-0.4, -0.2) is 14.1 Å². The van der Waals surface area contributed by atoms with Crippen molar-refractivity contribution in [2.75, 3.05) is 0 Å². The number of imidazole rings is 1. The molecule has 5 heteroatoms. The molecule has 0 aliphatic heterocycles. The van der Waals surface area contributed by atoms with Crippen molar-refractivity contribution in [3.8, 4) is 28.7 Å². The molecule has 316 valence electrons. The fourth-order valence-corrected chi connectivity index (χ4v) is 8.97. The maximum Gasteiger partial charge on any atom is 0.269 e. The van der Waals surface area contributed by atoms with Gasteiger partial charge in [-0.1, -0.05) is 166 Å². The fraction of sp³-hybridized carbons (Fsp3) is 0.241. The fourth-order valence-electron chi connectivity index (χ4n) is 8.97. The van der Waals surface area contributed by atoms with Gasteiger partial charge in [0, 0.05) is 40.1 Å². The van der Waals surface area contributed by atoms with Crippen molar-refractivity contribution in [1.82, 2.24) is 14.1 Å². The Kier molecular flexibility index (Phi) is 10.3. The number of rotatable bonds is 9. The predicted molar refractivity (Wildman–Crippen MR) is 259 cm³/mol. The van der Waals surface area contributed by atoms with Gasteiger partial charge >= 0.3 is 0 Å². The molecule has 0 unspecified atom stereocenters. The molecule has 0 spiro atoms. The molecule has 0 amide bonds. The van der Waals surface area contributed by atoms with Crippen molar-refractivity contribution in [3.63, 3.8) is 0 Å². The Morgan fingerprint density at radius 1 is 0.524 bits per heavy atom. The van der Waals surface area contributed by atoms with E-state index in [1.807, 2.05) is 12.3 Å². The zero-order chi connectivity index (χ0) is 44.3. The lowest BCUT2D eigenvalue weighted by Gasteiger charge is -2.28. The molecular weight excluding hydrogens is 769 g/mol. The highest BCUT2D eigenvalue weighted by Crippen LogP contribution is 2.45. The Morgan fingerprint density at radius 2 is 1.14 bits per heavy atom. The molecule has 9 aromatic rings. The zero-order valence-electron chi connectivity index (χ0n) is 38.4. The third kappa shape index (κ3) is 7.75. The Bertz CT molecular complexity index is 3100. The van der Waals surface area contributed by atoms with Gasteiger partial charge in [-0.2, -0.15) is 0 Å². The second-order valence-electron chi connectivity index (χ2n) is 20.1. The first-order chi connectivity index (χ1) is 30.0. The van der Waals surface area contributed by atoms with E-state index in [2.05, 4.69) is 247 Å². The Balaban J connectivity index is 1.21. The van der Waals surface area contributed by atoms with Crippen molar-refractivity contribution in [1.29, 1.82) is 0 Å². The molecular formula is C58H58N4O. The number of nitrogens with zero attached hydrogens (tertiary/aromatic N) is 4. The maximum absolute atomic E-state index is 7.03. The van der Waals surface area contributed by atoms with Gasteiger partial charge in [-0.25, -0.2) is 4.98 Å². The quantitative estimate of drug-likeness (QED) is 0.107. The minimum absolute atomic E-state index is 0.000440. The van der Waals surface area contributed by atoms with Crippen LogP contribution in [0.15, 0.2) is 170 Å². The molecule has 0 bridgehead atoms. The van der Waals surface area contributed by atoms with Crippen LogP contribution in [0.25, 0.3) is 39.0 Å². The van der Waals surface area contributed by atoms with Gasteiger partial charge in [0.25, 0.3) is 6.33 Å². The summed E-state index contributed by atoms with van der Waals surface area (Å²) in [5.41, 5.74) is 10.7. The minimum atomic E-state index is -0.365. The van der Waals surface area contributed by atoms with Gasteiger partial charge in [0.05, 0.1) is 28.1 Å². The number of ether oxygens (including phenoxy) is 1. The van der Waals surface area contributed by atoms with E-state index in [9.17, 15) is 0 Å². The molecule has 0 N–H and O–H groups in total. The number of benzene rings is 6. The lowest BCUT2D eigenvalue weighted by Crippen LogP contribution is -2.40. The molecule has 0 saturated carbocycles. The summed E-state index contributed by atoms with van der Waals surface area (Å²) in [7, 11) is 0. The summed E-state index contributed by atoms with van der Waals surface area (Å²) in [6, 6.07) is 56.2. The van der Waals surface area contributed by atoms with E-state index in [-0.39, 0.29) is 21.7 Å². The van der Waals surface area contributed by atoms with Crippen LogP contribution < -0.4 is 9.30 Å². The smallest absolute Gasteiger partial charge is 0.269 e. The standard InChI is InChI=1S/C58H58N4O/c1-55(2,3)42-25-19-27-45(33-42)61-39-60(38-52(61)58(9,10)41-23-15-12-16-24-41)44-26-20-28-46(35-44)63-47-36-49(57(7,8)40-21-13-11-14-22-40)54-48-29-17-18-30-50(48)62(51(54)37-47)53-34-43(31-32-59-53)56(4,5)6/h11-38H,1-10H3. The molecule has 6 aromatic carbocycles. The predicted octanol–water partition coefficient (Wildman–Crippen LogP) is 14.1. The zero-order valence-corrected chi connectivity index (χ0v) is 38.4. The van der Waals surface area contributed by atoms with Crippen LogP contribution in [0.5, 0.6) is 11.5 Å². The van der Waals surface area contributed by atoms with E-state index in [4.69, 9.17) is 9.72 Å². The second kappa shape index (κ2) is 15.6. The molecule has 5 nitrogen and oxygen atoms in total. The molecule has 0 saturated heterocycles. The first kappa shape index (κ1) is 41.6. The highest BCUT2D eigenvalue weighted by molar-refractivity contribution is 6.11. The molecule has 9 rings (SSSR count). The van der Waals surface area contributed by atoms with Crippen LogP contribution in [0.1, 0.15) is 103 Å². The van der Waals surface area contributed by atoms with E-state index < -0.39 is 0 Å². The number of para-hydroxylation sites is 1. The molecule has 0 atom stereocenters. The summed E-state index contributed by atoms with van der Waals surface area (Å²) in [5.74, 6) is 2.37. The molecule has 3 aromatic heterocycles. The summed E-state index contributed by atoms with van der Waals surface area (Å²) in [4.78, 5) is 5.00. The van der Waals surface area contributed by atoms with E-state index in [0.29, 0.717) is 0 Å². The first-order valence-electron chi connectivity index (χ1n) is 22.1. The van der Waals surface area contributed by atoms with Crippen LogP contribution in [0.4, 0.5) is 0 Å². The van der Waals surface area contributed by atoms with Crippen molar-refractivity contribution in [3.05, 3.63) is 210 Å². The van der Waals surface area contributed by atoms with Gasteiger partial charge in [-0.15, -0.1) is 0 Å². The van der Waals surface area contributed by atoms with Crippen LogP contribution in [-0.2, 0) is 21.7 Å². The molecule has 0 radical (unpaired) electrons. The minimum Gasteiger partial charge on any atom is -0.458 e. The average Bonchev–Trinajstić information content (AvgIpc) is 3.88. The number of hydrogen-bond donors (Lipinski definition) is 0. The molecule has 0 aliphatic rings. The van der Waals surface area contributed by atoms with Crippen molar-refractivity contribution in [2.24, 2.45) is 0 Å². The molecule has 0 aliphatic carbocycles. The van der Waals surface area contributed by atoms with Gasteiger partial charge in [-0.3, -0.25) is 13.7 Å². The van der Waals surface area contributed by atoms with Crippen LogP contribution in [0, 0.1) is 6.33 Å². The van der Waals surface area contributed by atoms with Gasteiger partial charge in [-0.05, 0) is 93.2 Å². The second-order valence-corrected chi connectivity index (χ2v) is 20.1. The number of aromatic nitrogens is 4. The van der Waals surface area contributed by atoms with Crippen LogP contribution in [0.2, 0.25) is 0 Å². The molecule has 63 heavy (non-hydrogen) atoms. The van der Waals surface area contributed by atoms with Crippen molar-refractivity contribution >= 4 is 21.8 Å². The normalized spacial score (nSPS) is 12.6. The highest BCUT2D eigenvalue weighted by atomic mass is 16.5. The summed E-state index contributed by atoms with van der Waals surface area (Å²) in [6.45, 7) is 22.7. The Hall–Kier alpha value is -6.72. The monoisotopic (exact) mass is 826 g/mol. The summed E-state index contributed by atoms with van der Waals surface area (Å²) >= 11 is 0. The molecule has 3 heterocycles. The molecule has 0 fully saturated rings. The van der Waals surface area contributed by atoms with Gasteiger partial charge in [0.1, 0.15) is 17.3 Å². The first-order valence-corrected chi connectivity index (χ1v) is 22.1. The number of fused-ring (bicyclic) bond motifs is 3. The third-order valence-electron chi connectivity index (χ3n) is 12.9. The average molecular weight is 827 g/mol. The van der Waals surface area contributed by atoms with Gasteiger partial charge in [0.15, 0.2) is 0 Å².